The summed E-state index contributed by atoms with van der Waals surface area (Å²) in [6.07, 6.45) is 5.66. The highest BCUT2D eigenvalue weighted by Gasteiger charge is 1.98. The molecule has 4 nitrogen and oxygen atoms in total. The molecule has 5 heteroatoms. The number of nitrogens with two attached hydrogens (primary N) is 1. The van der Waals surface area contributed by atoms with E-state index in [1.54, 1.807) is 22.6 Å². The molecule has 2 N–H and O–H groups in total. The lowest BCUT2D eigenvalue weighted by Crippen LogP contribution is -1.90. The summed E-state index contributed by atoms with van der Waals surface area (Å²) >= 11 is 1.74. The maximum absolute atomic E-state index is 5.51. The first-order valence-electron chi connectivity index (χ1n) is 4.56. The summed E-state index contributed by atoms with van der Waals surface area (Å²) in [6, 6.07) is 3.81. The first-order valence-corrected chi connectivity index (χ1v) is 5.54. The Labute approximate surface area is 92.5 Å². The van der Waals surface area contributed by atoms with Crippen LogP contribution in [0.25, 0.3) is 0 Å². The molecule has 0 spiro atoms. The number of thioether (sulfide) groups is 1. The summed E-state index contributed by atoms with van der Waals surface area (Å²) in [5.74, 6) is 1.45. The Morgan fingerprint density at radius 2 is 2.27 bits per heavy atom. The number of aryl methyl sites for hydroxylation is 1. The smallest absolute Gasteiger partial charge is 0.123 e. The summed E-state index contributed by atoms with van der Waals surface area (Å²) in [5, 5.41) is 4.10. The van der Waals surface area contributed by atoms with Gasteiger partial charge in [-0.3, -0.25) is 4.68 Å². The van der Waals surface area contributed by atoms with Gasteiger partial charge in [0, 0.05) is 30.1 Å². The van der Waals surface area contributed by atoms with Gasteiger partial charge in [0.15, 0.2) is 0 Å². The predicted molar refractivity (Wildman–Crippen MR) is 61.4 cm³/mol. The van der Waals surface area contributed by atoms with E-state index in [0.717, 1.165) is 16.2 Å². The van der Waals surface area contributed by atoms with E-state index in [1.165, 1.54) is 0 Å². The molecule has 0 radical (unpaired) electrons. The Morgan fingerprint density at radius 3 is 2.87 bits per heavy atom. The van der Waals surface area contributed by atoms with Crippen LogP contribution in [0.3, 0.4) is 0 Å². The molecular formula is C10H12N4S. The Hall–Kier alpha value is -1.49. The molecule has 0 atom stereocenters. The van der Waals surface area contributed by atoms with Crippen molar-refractivity contribution < 1.29 is 0 Å². The Balaban J connectivity index is 1.96. The summed E-state index contributed by atoms with van der Waals surface area (Å²) in [6.45, 7) is 0. The van der Waals surface area contributed by atoms with Crippen LogP contribution < -0.4 is 5.73 Å². The zero-order chi connectivity index (χ0) is 10.7. The third-order valence-corrected chi connectivity index (χ3v) is 2.96. The number of nitrogens with zero attached hydrogens (tertiary/aromatic N) is 3. The maximum Gasteiger partial charge on any atom is 0.123 e. The van der Waals surface area contributed by atoms with Crippen molar-refractivity contribution in [3.8, 4) is 0 Å². The van der Waals surface area contributed by atoms with Crippen LogP contribution in [0.5, 0.6) is 0 Å². The minimum absolute atomic E-state index is 0.560. The average molecular weight is 220 g/mol. The highest BCUT2D eigenvalue weighted by molar-refractivity contribution is 7.98. The van der Waals surface area contributed by atoms with Gasteiger partial charge in [-0.15, -0.1) is 11.8 Å². The fourth-order valence-electron chi connectivity index (χ4n) is 1.16. The Kier molecular flexibility index (Phi) is 2.91. The van der Waals surface area contributed by atoms with Gasteiger partial charge in [0.1, 0.15) is 5.82 Å². The number of hydrogen-bond donors (Lipinski definition) is 1. The minimum Gasteiger partial charge on any atom is -0.384 e. The quantitative estimate of drug-likeness (QED) is 0.800. The van der Waals surface area contributed by atoms with E-state index in [2.05, 4.69) is 10.1 Å². The number of anilines is 1. The monoisotopic (exact) mass is 220 g/mol. The molecule has 0 bridgehead atoms. The van der Waals surface area contributed by atoms with Crippen molar-refractivity contribution in [1.29, 1.82) is 0 Å². The van der Waals surface area contributed by atoms with Crippen LogP contribution in [0.15, 0.2) is 35.6 Å². The van der Waals surface area contributed by atoms with Crippen LogP contribution in [0.2, 0.25) is 0 Å². The lowest BCUT2D eigenvalue weighted by Gasteiger charge is -1.99. The second-order valence-corrected chi connectivity index (χ2v) is 4.28. The SMILES string of the molecule is Cn1cc(SCc2ccc(N)nc2)cn1. The largest absolute Gasteiger partial charge is 0.384 e. The molecule has 0 aromatic carbocycles. The molecule has 0 saturated heterocycles. The lowest BCUT2D eigenvalue weighted by molar-refractivity contribution is 0.766. The molecule has 2 aromatic rings. The van der Waals surface area contributed by atoms with Crippen LogP contribution in [-0.4, -0.2) is 14.8 Å². The molecule has 2 heterocycles. The van der Waals surface area contributed by atoms with Crippen molar-refractivity contribution in [2.24, 2.45) is 7.05 Å². The number of pyridine rings is 1. The molecule has 0 aliphatic heterocycles. The van der Waals surface area contributed by atoms with Gasteiger partial charge in [0.05, 0.1) is 6.20 Å². The van der Waals surface area contributed by atoms with Crippen LogP contribution in [0, 0.1) is 0 Å². The topological polar surface area (TPSA) is 56.7 Å². The van der Waals surface area contributed by atoms with E-state index in [0.29, 0.717) is 5.82 Å². The van der Waals surface area contributed by atoms with Crippen LogP contribution in [-0.2, 0) is 12.8 Å². The van der Waals surface area contributed by atoms with Crippen LogP contribution in [0.4, 0.5) is 5.82 Å². The van der Waals surface area contributed by atoms with E-state index in [-0.39, 0.29) is 0 Å². The van der Waals surface area contributed by atoms with Gasteiger partial charge in [-0.05, 0) is 11.6 Å². The summed E-state index contributed by atoms with van der Waals surface area (Å²) < 4.78 is 1.80. The summed E-state index contributed by atoms with van der Waals surface area (Å²) in [5.41, 5.74) is 6.67. The molecule has 0 aliphatic carbocycles. The standard InChI is InChI=1S/C10H12N4S/c1-14-6-9(5-13-14)15-7-8-2-3-10(11)12-4-8/h2-6H,7H2,1H3,(H2,11,12). The van der Waals surface area contributed by atoms with Crippen molar-refractivity contribution in [2.45, 2.75) is 10.6 Å². The number of nitrogen functional groups attached to an aromatic ring is 1. The second-order valence-electron chi connectivity index (χ2n) is 3.23. The van der Waals surface area contributed by atoms with Gasteiger partial charge >= 0.3 is 0 Å². The zero-order valence-electron chi connectivity index (χ0n) is 8.42. The van der Waals surface area contributed by atoms with E-state index >= 15 is 0 Å². The highest BCUT2D eigenvalue weighted by Crippen LogP contribution is 2.21. The predicted octanol–water partition coefficient (Wildman–Crippen LogP) is 1.69. The van der Waals surface area contributed by atoms with Gasteiger partial charge in [-0.2, -0.15) is 5.10 Å². The molecule has 0 fully saturated rings. The lowest BCUT2D eigenvalue weighted by atomic mass is 10.3. The van der Waals surface area contributed by atoms with Crippen molar-refractivity contribution in [3.63, 3.8) is 0 Å². The molecule has 2 rings (SSSR count). The van der Waals surface area contributed by atoms with Crippen LogP contribution in [0.1, 0.15) is 5.56 Å². The molecular weight excluding hydrogens is 208 g/mol. The van der Waals surface area contributed by atoms with Crippen molar-refractivity contribution in [2.75, 3.05) is 5.73 Å². The van der Waals surface area contributed by atoms with E-state index in [4.69, 9.17) is 5.73 Å². The number of hydrogen-bond acceptors (Lipinski definition) is 4. The number of aromatic nitrogens is 3. The van der Waals surface area contributed by atoms with E-state index in [9.17, 15) is 0 Å². The first kappa shape index (κ1) is 10.0. The normalized spacial score (nSPS) is 10.5. The number of rotatable bonds is 3. The molecule has 15 heavy (non-hydrogen) atoms. The minimum atomic E-state index is 0.560. The van der Waals surface area contributed by atoms with E-state index < -0.39 is 0 Å². The molecule has 2 aromatic heterocycles. The maximum atomic E-state index is 5.51. The fraction of sp³-hybridized carbons (Fsp3) is 0.200. The van der Waals surface area contributed by atoms with Crippen molar-refractivity contribution in [1.82, 2.24) is 14.8 Å². The van der Waals surface area contributed by atoms with Gasteiger partial charge in [0.2, 0.25) is 0 Å². The highest BCUT2D eigenvalue weighted by atomic mass is 32.2. The molecule has 0 amide bonds. The van der Waals surface area contributed by atoms with Crippen molar-refractivity contribution in [3.05, 3.63) is 36.3 Å². The van der Waals surface area contributed by atoms with Crippen molar-refractivity contribution >= 4 is 17.6 Å². The van der Waals surface area contributed by atoms with Gasteiger partial charge in [0.25, 0.3) is 0 Å². The Bertz CT molecular complexity index is 435. The van der Waals surface area contributed by atoms with Gasteiger partial charge < -0.3 is 5.73 Å². The van der Waals surface area contributed by atoms with Gasteiger partial charge in [-0.25, -0.2) is 4.98 Å². The third kappa shape index (κ3) is 2.73. The van der Waals surface area contributed by atoms with Gasteiger partial charge in [-0.1, -0.05) is 6.07 Å². The van der Waals surface area contributed by atoms with E-state index in [1.807, 2.05) is 31.6 Å². The summed E-state index contributed by atoms with van der Waals surface area (Å²) in [4.78, 5) is 5.20. The molecule has 0 aliphatic rings. The molecule has 0 saturated carbocycles. The van der Waals surface area contributed by atoms with Crippen LogP contribution >= 0.6 is 11.8 Å². The third-order valence-electron chi connectivity index (χ3n) is 1.93. The Morgan fingerprint density at radius 1 is 1.40 bits per heavy atom. The zero-order valence-corrected chi connectivity index (χ0v) is 9.24. The fourth-order valence-corrected chi connectivity index (χ4v) is 2.01. The summed E-state index contributed by atoms with van der Waals surface area (Å²) in [7, 11) is 1.91. The first-order chi connectivity index (χ1) is 7.24. The average Bonchev–Trinajstić information content (AvgIpc) is 2.64. The molecule has 0 unspecified atom stereocenters. The molecule has 78 valence electrons. The second kappa shape index (κ2) is 4.35.